The minimum absolute atomic E-state index is 0.438. The third kappa shape index (κ3) is 2.67. The van der Waals surface area contributed by atoms with Crippen molar-refractivity contribution in [2.45, 2.75) is 18.9 Å². The van der Waals surface area contributed by atoms with Crippen molar-refractivity contribution in [3.63, 3.8) is 0 Å². The average molecular weight is 273 g/mol. The molecule has 1 aliphatic heterocycles. The normalized spacial score (nSPS) is 17.4. The highest BCUT2D eigenvalue weighted by molar-refractivity contribution is 7.16. The summed E-state index contributed by atoms with van der Waals surface area (Å²) in [5.74, 6) is 0.935. The zero-order valence-electron chi connectivity index (χ0n) is 10.5. The highest BCUT2D eigenvalue weighted by Gasteiger charge is 2.19. The molecule has 0 atom stereocenters. The topological polar surface area (TPSA) is 64.8 Å². The molecule has 0 amide bonds. The molecule has 1 fully saturated rings. The number of anilines is 1. The smallest absolute Gasteiger partial charge is 0.138 e. The molecule has 0 saturated carbocycles. The van der Waals surface area contributed by atoms with Gasteiger partial charge in [0.05, 0.1) is 18.0 Å². The zero-order valence-corrected chi connectivity index (χ0v) is 11.4. The van der Waals surface area contributed by atoms with Gasteiger partial charge in [0.25, 0.3) is 0 Å². The Labute approximate surface area is 115 Å². The molecule has 0 aromatic carbocycles. The van der Waals surface area contributed by atoms with Gasteiger partial charge < -0.3 is 5.32 Å². The van der Waals surface area contributed by atoms with E-state index in [4.69, 9.17) is 5.26 Å². The first-order chi connectivity index (χ1) is 9.36. The first kappa shape index (κ1) is 12.3. The first-order valence-corrected chi connectivity index (χ1v) is 7.29. The Morgan fingerprint density at radius 2 is 2.26 bits per heavy atom. The summed E-state index contributed by atoms with van der Waals surface area (Å²) in [5, 5.41) is 15.4. The SMILES string of the molecule is N#CCN1CCC(Nc2ncnc3sccc23)CC1. The summed E-state index contributed by atoms with van der Waals surface area (Å²) < 4.78 is 0. The second-order valence-electron chi connectivity index (χ2n) is 4.71. The molecule has 98 valence electrons. The van der Waals surface area contributed by atoms with E-state index in [0.717, 1.165) is 42.0 Å². The van der Waals surface area contributed by atoms with Gasteiger partial charge in [-0.05, 0) is 24.3 Å². The largest absolute Gasteiger partial charge is 0.367 e. The van der Waals surface area contributed by atoms with Crippen LogP contribution in [0.5, 0.6) is 0 Å². The second kappa shape index (κ2) is 5.51. The van der Waals surface area contributed by atoms with E-state index in [0.29, 0.717) is 12.6 Å². The van der Waals surface area contributed by atoms with Crippen LogP contribution in [-0.4, -0.2) is 40.5 Å². The Kier molecular flexibility index (Phi) is 3.58. The van der Waals surface area contributed by atoms with E-state index < -0.39 is 0 Å². The summed E-state index contributed by atoms with van der Waals surface area (Å²) in [6, 6.07) is 4.71. The summed E-state index contributed by atoms with van der Waals surface area (Å²) in [7, 11) is 0. The van der Waals surface area contributed by atoms with Crippen LogP contribution < -0.4 is 5.32 Å². The van der Waals surface area contributed by atoms with Crippen LogP contribution in [0.2, 0.25) is 0 Å². The monoisotopic (exact) mass is 273 g/mol. The number of likely N-dealkylation sites (tertiary alicyclic amines) is 1. The van der Waals surface area contributed by atoms with E-state index in [1.165, 1.54) is 0 Å². The molecule has 19 heavy (non-hydrogen) atoms. The fourth-order valence-electron chi connectivity index (χ4n) is 2.43. The molecule has 1 saturated heterocycles. The van der Waals surface area contributed by atoms with Gasteiger partial charge in [-0.3, -0.25) is 4.90 Å². The molecule has 1 aliphatic rings. The lowest BCUT2D eigenvalue weighted by Gasteiger charge is -2.31. The Morgan fingerprint density at radius 3 is 3.05 bits per heavy atom. The van der Waals surface area contributed by atoms with Gasteiger partial charge in [-0.15, -0.1) is 11.3 Å². The minimum atomic E-state index is 0.438. The molecule has 0 radical (unpaired) electrons. The van der Waals surface area contributed by atoms with E-state index in [1.807, 2.05) is 5.38 Å². The molecule has 0 spiro atoms. The van der Waals surface area contributed by atoms with Crippen LogP contribution >= 0.6 is 11.3 Å². The van der Waals surface area contributed by atoms with Crippen LogP contribution in [0.1, 0.15) is 12.8 Å². The fraction of sp³-hybridized carbons (Fsp3) is 0.462. The maximum atomic E-state index is 8.69. The molecule has 0 bridgehead atoms. The molecular weight excluding hydrogens is 258 g/mol. The maximum Gasteiger partial charge on any atom is 0.138 e. The van der Waals surface area contributed by atoms with Gasteiger partial charge in [-0.1, -0.05) is 0 Å². The van der Waals surface area contributed by atoms with Gasteiger partial charge in [0, 0.05) is 19.1 Å². The number of piperidine rings is 1. The second-order valence-corrected chi connectivity index (χ2v) is 5.61. The highest BCUT2D eigenvalue weighted by atomic mass is 32.1. The van der Waals surface area contributed by atoms with Crippen molar-refractivity contribution in [3.05, 3.63) is 17.8 Å². The zero-order chi connectivity index (χ0) is 13.1. The number of nitrogens with zero attached hydrogens (tertiary/aromatic N) is 4. The number of thiophene rings is 1. The van der Waals surface area contributed by atoms with Crippen molar-refractivity contribution in [2.24, 2.45) is 0 Å². The first-order valence-electron chi connectivity index (χ1n) is 6.41. The molecule has 2 aromatic heterocycles. The molecule has 1 N–H and O–H groups in total. The Morgan fingerprint density at radius 1 is 1.42 bits per heavy atom. The van der Waals surface area contributed by atoms with Gasteiger partial charge in [0.15, 0.2) is 0 Å². The van der Waals surface area contributed by atoms with Crippen molar-refractivity contribution in [2.75, 3.05) is 25.0 Å². The third-order valence-corrected chi connectivity index (χ3v) is 4.31. The molecule has 0 aliphatic carbocycles. The molecule has 0 unspecified atom stereocenters. The summed E-state index contributed by atoms with van der Waals surface area (Å²) in [6.45, 7) is 2.49. The van der Waals surface area contributed by atoms with Gasteiger partial charge in [-0.25, -0.2) is 9.97 Å². The minimum Gasteiger partial charge on any atom is -0.367 e. The predicted octanol–water partition coefficient (Wildman–Crippen LogP) is 2.09. The number of aromatic nitrogens is 2. The summed E-state index contributed by atoms with van der Waals surface area (Å²) in [4.78, 5) is 11.8. The lowest BCUT2D eigenvalue weighted by Crippen LogP contribution is -2.39. The Balaban J connectivity index is 1.67. The van der Waals surface area contributed by atoms with Crippen molar-refractivity contribution < 1.29 is 0 Å². The number of fused-ring (bicyclic) bond motifs is 1. The Bertz CT molecular complexity index is 594. The van der Waals surface area contributed by atoms with Crippen molar-refractivity contribution in [3.8, 4) is 6.07 Å². The molecule has 3 heterocycles. The number of hydrogen-bond acceptors (Lipinski definition) is 6. The van der Waals surface area contributed by atoms with Crippen LogP contribution in [-0.2, 0) is 0 Å². The standard InChI is InChI=1S/C13H15N5S/c14-4-7-18-5-1-10(2-6-18)17-12-11-3-8-19-13(11)16-9-15-12/h3,8-10H,1-2,5-7H2,(H,15,16,17). The lowest BCUT2D eigenvalue weighted by atomic mass is 10.1. The van der Waals surface area contributed by atoms with Crippen molar-refractivity contribution >= 4 is 27.4 Å². The number of rotatable bonds is 3. The number of hydrogen-bond donors (Lipinski definition) is 1. The van der Waals surface area contributed by atoms with Crippen LogP contribution in [0.15, 0.2) is 17.8 Å². The van der Waals surface area contributed by atoms with Crippen LogP contribution in [0.4, 0.5) is 5.82 Å². The number of nitriles is 1. The van der Waals surface area contributed by atoms with Crippen LogP contribution in [0, 0.1) is 11.3 Å². The summed E-state index contributed by atoms with van der Waals surface area (Å²) in [5.41, 5.74) is 0. The van der Waals surface area contributed by atoms with E-state index in [9.17, 15) is 0 Å². The van der Waals surface area contributed by atoms with Gasteiger partial charge in [0.1, 0.15) is 17.0 Å². The predicted molar refractivity (Wildman–Crippen MR) is 76.1 cm³/mol. The molecular formula is C13H15N5S. The third-order valence-electron chi connectivity index (χ3n) is 3.48. The maximum absolute atomic E-state index is 8.69. The number of nitrogens with one attached hydrogen (secondary N) is 1. The van der Waals surface area contributed by atoms with Crippen molar-refractivity contribution in [1.29, 1.82) is 5.26 Å². The van der Waals surface area contributed by atoms with Gasteiger partial charge in [-0.2, -0.15) is 5.26 Å². The quantitative estimate of drug-likeness (QED) is 0.867. The highest BCUT2D eigenvalue weighted by Crippen LogP contribution is 2.25. The van der Waals surface area contributed by atoms with Crippen molar-refractivity contribution in [1.82, 2.24) is 14.9 Å². The molecule has 5 nitrogen and oxygen atoms in total. The molecule has 2 aromatic rings. The lowest BCUT2D eigenvalue weighted by molar-refractivity contribution is 0.242. The van der Waals surface area contributed by atoms with Gasteiger partial charge in [0.2, 0.25) is 0 Å². The average Bonchev–Trinajstić information content (AvgIpc) is 2.91. The van der Waals surface area contributed by atoms with E-state index in [-0.39, 0.29) is 0 Å². The van der Waals surface area contributed by atoms with E-state index in [2.05, 4.69) is 32.3 Å². The van der Waals surface area contributed by atoms with E-state index >= 15 is 0 Å². The molecule has 6 heteroatoms. The Hall–Kier alpha value is -1.71. The molecule has 3 rings (SSSR count). The fourth-order valence-corrected chi connectivity index (χ4v) is 3.17. The van der Waals surface area contributed by atoms with Gasteiger partial charge >= 0.3 is 0 Å². The van der Waals surface area contributed by atoms with E-state index in [1.54, 1.807) is 17.7 Å². The van der Waals surface area contributed by atoms with Crippen LogP contribution in [0.3, 0.4) is 0 Å². The summed E-state index contributed by atoms with van der Waals surface area (Å²) >= 11 is 1.64. The van der Waals surface area contributed by atoms with Crippen LogP contribution in [0.25, 0.3) is 10.2 Å². The summed E-state index contributed by atoms with van der Waals surface area (Å²) in [6.07, 6.45) is 3.72.